The summed E-state index contributed by atoms with van der Waals surface area (Å²) in [7, 11) is -3.50. The Bertz CT molecular complexity index is 1020. The zero-order valence-corrected chi connectivity index (χ0v) is 18.5. The number of hydrogen-bond acceptors (Lipinski definition) is 4. The van der Waals surface area contributed by atoms with Gasteiger partial charge in [0.15, 0.2) is 0 Å². The first-order chi connectivity index (χ1) is 13.0. The van der Waals surface area contributed by atoms with Crippen LogP contribution >= 0.6 is 11.8 Å². The maximum Gasteiger partial charge on any atom is 0.255 e. The summed E-state index contributed by atoms with van der Waals surface area (Å²) in [5, 5.41) is 3.00. The van der Waals surface area contributed by atoms with E-state index in [9.17, 15) is 13.2 Å². The zero-order chi connectivity index (χ0) is 20.7. The summed E-state index contributed by atoms with van der Waals surface area (Å²) in [4.78, 5) is 14.0. The molecule has 5 nitrogen and oxygen atoms in total. The average Bonchev–Trinajstić information content (AvgIpc) is 3.09. The topological polar surface area (TPSA) is 75.3 Å². The van der Waals surface area contributed by atoms with Gasteiger partial charge in [-0.05, 0) is 88.1 Å². The van der Waals surface area contributed by atoms with Crippen LogP contribution in [0.2, 0.25) is 0 Å². The van der Waals surface area contributed by atoms with Gasteiger partial charge in [0.2, 0.25) is 10.0 Å². The van der Waals surface area contributed by atoms with Crippen LogP contribution in [0.1, 0.15) is 47.8 Å². The molecule has 0 saturated carbocycles. The molecule has 1 heterocycles. The van der Waals surface area contributed by atoms with Crippen molar-refractivity contribution >= 4 is 39.1 Å². The third-order valence-corrected chi connectivity index (χ3v) is 8.28. The number of benzene rings is 2. The normalized spacial score (nSPS) is 13.9. The fourth-order valence-corrected chi connectivity index (χ4v) is 5.02. The van der Waals surface area contributed by atoms with E-state index in [2.05, 4.69) is 17.0 Å². The summed E-state index contributed by atoms with van der Waals surface area (Å²) in [5.74, 6) is 0.874. The molecule has 1 amide bonds. The largest absolute Gasteiger partial charge is 0.322 e. The van der Waals surface area contributed by atoms with E-state index in [0.29, 0.717) is 11.3 Å². The molecule has 0 saturated heterocycles. The van der Waals surface area contributed by atoms with E-state index < -0.39 is 14.8 Å². The van der Waals surface area contributed by atoms with E-state index in [-0.39, 0.29) is 5.91 Å². The van der Waals surface area contributed by atoms with Crippen molar-refractivity contribution in [1.82, 2.24) is 0 Å². The molecule has 2 aromatic rings. The molecule has 0 bridgehead atoms. The van der Waals surface area contributed by atoms with Gasteiger partial charge in [0, 0.05) is 27.6 Å². The highest BCUT2D eigenvalue weighted by atomic mass is 32.2. The van der Waals surface area contributed by atoms with Gasteiger partial charge >= 0.3 is 0 Å². The smallest absolute Gasteiger partial charge is 0.255 e. The summed E-state index contributed by atoms with van der Waals surface area (Å²) in [6.07, 6.45) is 1.03. The molecule has 0 unspecified atom stereocenters. The van der Waals surface area contributed by atoms with Crippen LogP contribution in [0.3, 0.4) is 0 Å². The monoisotopic (exact) mass is 418 g/mol. The van der Waals surface area contributed by atoms with Gasteiger partial charge in [0.25, 0.3) is 5.91 Å². The Labute approximate surface area is 171 Å². The number of nitrogens with one attached hydrogen (secondary N) is 2. The molecular weight excluding hydrogens is 392 g/mol. The lowest BCUT2D eigenvalue weighted by Gasteiger charge is -2.20. The first-order valence-corrected chi connectivity index (χ1v) is 11.7. The molecular formula is C21H26N2O3S2. The number of hydrogen-bond donors (Lipinski definition) is 2. The maximum absolute atomic E-state index is 12.7. The molecule has 0 aliphatic carbocycles. The van der Waals surface area contributed by atoms with E-state index in [1.165, 1.54) is 16.0 Å². The number of aryl methyl sites for hydroxylation is 1. The predicted molar refractivity (Wildman–Crippen MR) is 117 cm³/mol. The lowest BCUT2D eigenvalue weighted by atomic mass is 10.0. The van der Waals surface area contributed by atoms with Crippen LogP contribution in [-0.2, 0) is 16.4 Å². The van der Waals surface area contributed by atoms with Gasteiger partial charge in [-0.3, -0.25) is 9.52 Å². The second-order valence-electron chi connectivity index (χ2n) is 8.02. The van der Waals surface area contributed by atoms with Gasteiger partial charge in [0.1, 0.15) is 0 Å². The fraction of sp³-hybridized carbons (Fsp3) is 0.381. The van der Waals surface area contributed by atoms with Gasteiger partial charge in [-0.25, -0.2) is 8.42 Å². The Hall–Kier alpha value is -1.99. The molecule has 0 fully saturated rings. The third kappa shape index (κ3) is 4.05. The standard InChI is InChI=1S/C21H26N2O3S2/c1-13-12-18(14(2)17-10-11-27-19(13)17)22-20(24)15-6-8-16(9-7-15)23-28(25,26)21(3,4)5/h6-9,12,23H,10-11H2,1-5H3,(H,22,24). The Morgan fingerprint density at radius 3 is 2.36 bits per heavy atom. The molecule has 28 heavy (non-hydrogen) atoms. The Balaban J connectivity index is 1.77. The number of amides is 1. The minimum Gasteiger partial charge on any atom is -0.322 e. The van der Waals surface area contributed by atoms with Crippen molar-refractivity contribution in [3.63, 3.8) is 0 Å². The second kappa shape index (κ2) is 7.44. The Morgan fingerprint density at radius 2 is 1.75 bits per heavy atom. The number of carbonyl (C=O) groups excluding carboxylic acids is 1. The number of rotatable bonds is 4. The summed E-state index contributed by atoms with van der Waals surface area (Å²) in [6.45, 7) is 9.02. The second-order valence-corrected chi connectivity index (χ2v) is 11.6. The fourth-order valence-electron chi connectivity index (χ4n) is 3.04. The van der Waals surface area contributed by atoms with Gasteiger partial charge in [-0.2, -0.15) is 0 Å². The van der Waals surface area contributed by atoms with E-state index >= 15 is 0 Å². The number of thioether (sulfide) groups is 1. The van der Waals surface area contributed by atoms with Crippen molar-refractivity contribution < 1.29 is 13.2 Å². The highest BCUT2D eigenvalue weighted by Crippen LogP contribution is 2.39. The van der Waals surface area contributed by atoms with Crippen LogP contribution in [0.25, 0.3) is 0 Å². The molecule has 0 spiro atoms. The van der Waals surface area contributed by atoms with E-state index in [1.807, 2.05) is 24.8 Å². The molecule has 1 aliphatic rings. The SMILES string of the molecule is Cc1cc(NC(=O)c2ccc(NS(=O)(=O)C(C)(C)C)cc2)c(C)c2c1SCC2. The Morgan fingerprint density at radius 1 is 1.11 bits per heavy atom. The van der Waals surface area contributed by atoms with Crippen LogP contribution in [0.5, 0.6) is 0 Å². The lowest BCUT2D eigenvalue weighted by molar-refractivity contribution is 0.102. The van der Waals surface area contributed by atoms with Gasteiger partial charge in [-0.1, -0.05) is 0 Å². The summed E-state index contributed by atoms with van der Waals surface area (Å²) >= 11 is 1.87. The van der Waals surface area contributed by atoms with Crippen molar-refractivity contribution in [2.45, 2.75) is 50.7 Å². The van der Waals surface area contributed by atoms with E-state index in [4.69, 9.17) is 0 Å². The summed E-state index contributed by atoms with van der Waals surface area (Å²) in [6, 6.07) is 8.49. The van der Waals surface area contributed by atoms with Crippen molar-refractivity contribution in [2.75, 3.05) is 15.8 Å². The first-order valence-electron chi connectivity index (χ1n) is 9.19. The molecule has 3 rings (SSSR count). The first kappa shape index (κ1) is 20.7. The maximum atomic E-state index is 12.7. The zero-order valence-electron chi connectivity index (χ0n) is 16.8. The number of fused-ring (bicyclic) bond motifs is 1. The Kier molecular flexibility index (Phi) is 5.51. The predicted octanol–water partition coefficient (Wildman–Crippen LogP) is 4.74. The molecule has 2 N–H and O–H groups in total. The molecule has 0 aromatic heterocycles. The van der Waals surface area contributed by atoms with Crippen LogP contribution in [0.4, 0.5) is 11.4 Å². The minimum atomic E-state index is -3.50. The van der Waals surface area contributed by atoms with Crippen LogP contribution in [0.15, 0.2) is 35.2 Å². The van der Waals surface area contributed by atoms with Crippen LogP contribution < -0.4 is 10.0 Å². The van der Waals surface area contributed by atoms with Crippen molar-refractivity contribution in [3.8, 4) is 0 Å². The molecule has 0 atom stereocenters. The highest BCUT2D eigenvalue weighted by molar-refractivity contribution is 7.99. The van der Waals surface area contributed by atoms with E-state index in [1.54, 1.807) is 45.0 Å². The van der Waals surface area contributed by atoms with Gasteiger partial charge in [-0.15, -0.1) is 11.8 Å². The molecule has 7 heteroatoms. The molecule has 2 aromatic carbocycles. The highest BCUT2D eigenvalue weighted by Gasteiger charge is 2.28. The number of anilines is 2. The van der Waals surface area contributed by atoms with Crippen LogP contribution in [-0.4, -0.2) is 24.8 Å². The minimum absolute atomic E-state index is 0.210. The van der Waals surface area contributed by atoms with Crippen molar-refractivity contribution in [3.05, 3.63) is 52.6 Å². The summed E-state index contributed by atoms with van der Waals surface area (Å²) < 4.78 is 26.1. The quantitative estimate of drug-likeness (QED) is 0.752. The van der Waals surface area contributed by atoms with Gasteiger partial charge in [0.05, 0.1) is 4.75 Å². The molecule has 1 aliphatic heterocycles. The van der Waals surface area contributed by atoms with Gasteiger partial charge < -0.3 is 5.32 Å². The third-order valence-electron chi connectivity index (χ3n) is 4.90. The number of sulfonamides is 1. The number of carbonyl (C=O) groups is 1. The average molecular weight is 419 g/mol. The van der Waals surface area contributed by atoms with Crippen molar-refractivity contribution in [2.24, 2.45) is 0 Å². The lowest BCUT2D eigenvalue weighted by Crippen LogP contribution is -2.33. The molecule has 150 valence electrons. The van der Waals surface area contributed by atoms with Crippen LogP contribution in [0, 0.1) is 13.8 Å². The summed E-state index contributed by atoms with van der Waals surface area (Å²) in [5.41, 5.74) is 5.38. The van der Waals surface area contributed by atoms with Crippen molar-refractivity contribution in [1.29, 1.82) is 0 Å². The molecule has 0 radical (unpaired) electrons. The van der Waals surface area contributed by atoms with E-state index in [0.717, 1.165) is 23.4 Å².